The maximum absolute atomic E-state index is 9.48. The standard InChI is InChI=1S/C18H12Cl2N4S2/c19-11-1-5-13(6-2-11)25-17(23)15(9-21)16(10-22)18(24)26-14-7-3-12(20)4-8-14/h1-8H,23-24H2/b17-15+,18-16+. The van der Waals surface area contributed by atoms with Crippen LogP contribution in [-0.2, 0) is 0 Å². The van der Waals surface area contributed by atoms with Crippen LogP contribution in [0.2, 0.25) is 10.0 Å². The monoisotopic (exact) mass is 418 g/mol. The van der Waals surface area contributed by atoms with Gasteiger partial charge in [-0.05, 0) is 48.5 Å². The molecule has 130 valence electrons. The molecule has 0 aliphatic heterocycles. The molecule has 4 N–H and O–H groups in total. The number of allylic oxidation sites excluding steroid dienone is 2. The van der Waals surface area contributed by atoms with Gasteiger partial charge in [-0.15, -0.1) is 0 Å². The maximum Gasteiger partial charge on any atom is 0.103 e. The molecular formula is C18H12Cl2N4S2. The quantitative estimate of drug-likeness (QED) is 0.389. The van der Waals surface area contributed by atoms with E-state index in [9.17, 15) is 10.5 Å². The van der Waals surface area contributed by atoms with Crippen LogP contribution in [0.5, 0.6) is 0 Å². The van der Waals surface area contributed by atoms with Gasteiger partial charge < -0.3 is 11.5 Å². The van der Waals surface area contributed by atoms with E-state index in [-0.39, 0.29) is 21.2 Å². The van der Waals surface area contributed by atoms with Gasteiger partial charge >= 0.3 is 0 Å². The highest BCUT2D eigenvalue weighted by molar-refractivity contribution is 8.03. The second-order valence-electron chi connectivity index (χ2n) is 4.81. The summed E-state index contributed by atoms with van der Waals surface area (Å²) in [6.07, 6.45) is 0. The number of nitrogens with two attached hydrogens (primary N) is 2. The zero-order valence-corrected chi connectivity index (χ0v) is 16.4. The smallest absolute Gasteiger partial charge is 0.103 e. The van der Waals surface area contributed by atoms with Crippen LogP contribution in [0, 0.1) is 22.7 Å². The minimum atomic E-state index is 0.0337. The molecule has 0 saturated carbocycles. The highest BCUT2D eigenvalue weighted by atomic mass is 35.5. The Kier molecular flexibility index (Phi) is 7.32. The third-order valence-electron chi connectivity index (χ3n) is 3.05. The predicted octanol–water partition coefficient (Wildman–Crippen LogP) is 5.27. The van der Waals surface area contributed by atoms with Crippen molar-refractivity contribution in [3.8, 4) is 12.1 Å². The lowest BCUT2D eigenvalue weighted by atomic mass is 10.1. The molecule has 0 fully saturated rings. The summed E-state index contributed by atoms with van der Waals surface area (Å²) in [5.41, 5.74) is 12.2. The van der Waals surface area contributed by atoms with Crippen molar-refractivity contribution in [3.05, 3.63) is 79.8 Å². The number of nitriles is 2. The predicted molar refractivity (Wildman–Crippen MR) is 108 cm³/mol. The molecule has 2 aromatic carbocycles. The molecule has 0 atom stereocenters. The lowest BCUT2D eigenvalue weighted by Gasteiger charge is -2.08. The Bertz CT molecular complexity index is 858. The number of nitrogens with zero attached hydrogens (tertiary/aromatic N) is 2. The highest BCUT2D eigenvalue weighted by Crippen LogP contribution is 2.32. The molecule has 0 radical (unpaired) electrons. The van der Waals surface area contributed by atoms with E-state index in [1.54, 1.807) is 48.5 Å². The lowest BCUT2D eigenvalue weighted by molar-refractivity contribution is 1.34. The van der Waals surface area contributed by atoms with Gasteiger partial charge in [-0.3, -0.25) is 0 Å². The molecule has 8 heteroatoms. The average Bonchev–Trinajstić information content (AvgIpc) is 2.63. The SMILES string of the molecule is N#CC(=C(/N)Sc1ccc(Cl)cc1)/C(C#N)=C(\N)Sc1ccc(Cl)cc1. The zero-order valence-electron chi connectivity index (χ0n) is 13.2. The largest absolute Gasteiger partial charge is 0.392 e. The molecular weight excluding hydrogens is 407 g/mol. The molecule has 0 bridgehead atoms. The van der Waals surface area contributed by atoms with E-state index >= 15 is 0 Å². The highest BCUT2D eigenvalue weighted by Gasteiger charge is 2.15. The molecule has 2 rings (SSSR count). The number of thioether (sulfide) groups is 2. The van der Waals surface area contributed by atoms with Crippen LogP contribution in [0.3, 0.4) is 0 Å². The van der Waals surface area contributed by atoms with E-state index in [2.05, 4.69) is 0 Å². The van der Waals surface area contributed by atoms with Crippen molar-refractivity contribution in [2.75, 3.05) is 0 Å². The van der Waals surface area contributed by atoms with Crippen LogP contribution >= 0.6 is 46.7 Å². The van der Waals surface area contributed by atoms with Crippen molar-refractivity contribution in [1.82, 2.24) is 0 Å². The summed E-state index contributed by atoms with van der Waals surface area (Å²) in [5.74, 6) is 0. The van der Waals surface area contributed by atoms with Gasteiger partial charge in [0.15, 0.2) is 0 Å². The number of benzene rings is 2. The summed E-state index contributed by atoms with van der Waals surface area (Å²) in [6.45, 7) is 0. The van der Waals surface area contributed by atoms with Crippen molar-refractivity contribution in [3.63, 3.8) is 0 Å². The van der Waals surface area contributed by atoms with Gasteiger partial charge in [-0.1, -0.05) is 46.7 Å². The van der Waals surface area contributed by atoms with E-state index in [0.717, 1.165) is 33.3 Å². The normalized spacial score (nSPS) is 12.5. The second-order valence-corrected chi connectivity index (χ2v) is 7.92. The van der Waals surface area contributed by atoms with E-state index in [0.29, 0.717) is 10.0 Å². The number of halogens is 2. The van der Waals surface area contributed by atoms with Crippen LogP contribution in [0.15, 0.2) is 79.5 Å². The Morgan fingerprint density at radius 1 is 0.692 bits per heavy atom. The molecule has 4 nitrogen and oxygen atoms in total. The Labute approximate surface area is 170 Å². The van der Waals surface area contributed by atoms with E-state index < -0.39 is 0 Å². The van der Waals surface area contributed by atoms with Gasteiger partial charge in [0.1, 0.15) is 23.3 Å². The Balaban J connectivity index is 2.34. The Morgan fingerprint density at radius 3 is 1.27 bits per heavy atom. The fourth-order valence-electron chi connectivity index (χ4n) is 1.83. The van der Waals surface area contributed by atoms with Crippen LogP contribution < -0.4 is 11.5 Å². The summed E-state index contributed by atoms with van der Waals surface area (Å²) in [4.78, 5) is 1.58. The summed E-state index contributed by atoms with van der Waals surface area (Å²) in [5, 5.41) is 20.5. The second kappa shape index (κ2) is 9.47. The van der Waals surface area contributed by atoms with Gasteiger partial charge in [-0.25, -0.2) is 0 Å². The molecule has 0 spiro atoms. The number of rotatable bonds is 5. The van der Waals surface area contributed by atoms with Gasteiger partial charge in [0.05, 0.1) is 10.1 Å². The average molecular weight is 419 g/mol. The minimum absolute atomic E-state index is 0.0337. The molecule has 0 aliphatic carbocycles. The van der Waals surface area contributed by atoms with Crippen molar-refractivity contribution >= 4 is 46.7 Å². The van der Waals surface area contributed by atoms with Gasteiger partial charge in [0, 0.05) is 19.8 Å². The van der Waals surface area contributed by atoms with E-state index in [4.69, 9.17) is 34.7 Å². The summed E-state index contributed by atoms with van der Waals surface area (Å²) >= 11 is 14.0. The number of hydrogen-bond donors (Lipinski definition) is 2. The maximum atomic E-state index is 9.48. The molecule has 0 saturated heterocycles. The van der Waals surface area contributed by atoms with Crippen molar-refractivity contribution in [1.29, 1.82) is 10.5 Å². The first-order valence-corrected chi connectivity index (χ1v) is 9.50. The van der Waals surface area contributed by atoms with Crippen molar-refractivity contribution in [2.45, 2.75) is 9.79 Å². The molecule has 0 unspecified atom stereocenters. The van der Waals surface area contributed by atoms with Crippen LogP contribution in [0.4, 0.5) is 0 Å². The molecule has 0 amide bonds. The van der Waals surface area contributed by atoms with E-state index in [1.165, 1.54) is 0 Å². The third kappa shape index (κ3) is 5.39. The van der Waals surface area contributed by atoms with E-state index in [1.807, 2.05) is 12.1 Å². The minimum Gasteiger partial charge on any atom is -0.392 e. The van der Waals surface area contributed by atoms with Crippen LogP contribution in [0.25, 0.3) is 0 Å². The lowest BCUT2D eigenvalue weighted by Crippen LogP contribution is -2.05. The first-order chi connectivity index (χ1) is 12.4. The topological polar surface area (TPSA) is 99.6 Å². The fraction of sp³-hybridized carbons (Fsp3) is 0. The molecule has 26 heavy (non-hydrogen) atoms. The Morgan fingerprint density at radius 2 is 1.00 bits per heavy atom. The first-order valence-electron chi connectivity index (χ1n) is 7.11. The van der Waals surface area contributed by atoms with Gasteiger partial charge in [0.2, 0.25) is 0 Å². The summed E-state index contributed by atoms with van der Waals surface area (Å²) < 4.78 is 0. The van der Waals surface area contributed by atoms with Gasteiger partial charge in [0.25, 0.3) is 0 Å². The summed E-state index contributed by atoms with van der Waals surface area (Å²) in [6, 6.07) is 17.9. The fourth-order valence-corrected chi connectivity index (χ4v) is 3.63. The van der Waals surface area contributed by atoms with Gasteiger partial charge in [-0.2, -0.15) is 10.5 Å². The summed E-state index contributed by atoms with van der Waals surface area (Å²) in [7, 11) is 0. The van der Waals surface area contributed by atoms with Crippen molar-refractivity contribution in [2.24, 2.45) is 11.5 Å². The first kappa shape index (κ1) is 20.1. The molecule has 0 heterocycles. The molecule has 0 aliphatic rings. The Hall–Kier alpha value is -2.22. The molecule has 0 aromatic heterocycles. The van der Waals surface area contributed by atoms with Crippen LogP contribution in [-0.4, -0.2) is 0 Å². The zero-order chi connectivity index (χ0) is 19.1. The molecule has 2 aromatic rings. The third-order valence-corrected chi connectivity index (χ3v) is 5.42. The van der Waals surface area contributed by atoms with Crippen LogP contribution in [0.1, 0.15) is 0 Å². The van der Waals surface area contributed by atoms with Crippen molar-refractivity contribution < 1.29 is 0 Å². The number of hydrogen-bond acceptors (Lipinski definition) is 6.